The molecule has 10 heteroatoms. The number of nitrogens with zero attached hydrogens (tertiary/aromatic N) is 5. The average molecular weight is 392 g/mol. The first-order valence-electron chi connectivity index (χ1n) is 8.98. The molecule has 0 spiro atoms. The molecule has 3 aromatic rings. The smallest absolute Gasteiger partial charge is 0.211 e. The topological polar surface area (TPSA) is 107 Å². The van der Waals surface area contributed by atoms with Gasteiger partial charge >= 0.3 is 0 Å². The van der Waals surface area contributed by atoms with Crippen LogP contribution in [0.1, 0.15) is 31.7 Å². The third kappa shape index (κ3) is 3.07. The van der Waals surface area contributed by atoms with Crippen molar-refractivity contribution in [1.29, 1.82) is 0 Å². The number of aliphatic hydroxyl groups excluding tert-OH is 1. The molecule has 1 aliphatic rings. The number of aliphatic hydroxyl groups is 1. The summed E-state index contributed by atoms with van der Waals surface area (Å²) in [6.07, 6.45) is 5.48. The number of aromatic amines is 1. The van der Waals surface area contributed by atoms with Gasteiger partial charge in [-0.25, -0.2) is 27.4 Å². The molecule has 0 amide bonds. The molecule has 0 aromatic carbocycles. The molecule has 146 valence electrons. The van der Waals surface area contributed by atoms with Crippen LogP contribution in [0.4, 0.5) is 0 Å². The van der Waals surface area contributed by atoms with Crippen LogP contribution >= 0.6 is 0 Å². The second-order valence-electron chi connectivity index (χ2n) is 7.15. The molecule has 2 N–H and O–H groups in total. The lowest BCUT2D eigenvalue weighted by Crippen LogP contribution is -2.49. The number of H-pyrrole nitrogens is 1. The Hall–Kier alpha value is -2.17. The lowest BCUT2D eigenvalue weighted by Gasteiger charge is -2.38. The Balaban J connectivity index is 1.73. The predicted molar refractivity (Wildman–Crippen MR) is 104 cm³/mol. The van der Waals surface area contributed by atoms with Gasteiger partial charge in [0.25, 0.3) is 0 Å². The minimum atomic E-state index is -3.21. The zero-order valence-corrected chi connectivity index (χ0v) is 16.4. The number of piperidine rings is 1. The Morgan fingerprint density at radius 3 is 2.70 bits per heavy atom. The van der Waals surface area contributed by atoms with Gasteiger partial charge < -0.3 is 15.1 Å². The number of hydrogen-bond donors (Lipinski definition) is 2. The fourth-order valence-corrected chi connectivity index (χ4v) is 4.57. The van der Waals surface area contributed by atoms with Gasteiger partial charge in [-0.2, -0.15) is 0 Å². The van der Waals surface area contributed by atoms with Gasteiger partial charge in [0.1, 0.15) is 22.8 Å². The average Bonchev–Trinajstić information content (AvgIpc) is 3.24. The van der Waals surface area contributed by atoms with E-state index < -0.39 is 16.1 Å². The molecule has 4 rings (SSSR count). The molecule has 1 unspecified atom stereocenters. The van der Waals surface area contributed by atoms with Gasteiger partial charge in [-0.3, -0.25) is 0 Å². The van der Waals surface area contributed by atoms with Crippen molar-refractivity contribution in [2.75, 3.05) is 31.4 Å². The maximum atomic E-state index is 11.8. The van der Waals surface area contributed by atoms with Crippen LogP contribution in [0.15, 0.2) is 18.5 Å². The van der Waals surface area contributed by atoms with E-state index in [1.54, 1.807) is 20.2 Å². The minimum Gasteiger partial charge on any atom is -0.385 e. The van der Waals surface area contributed by atoms with E-state index in [9.17, 15) is 13.5 Å². The number of pyridine rings is 1. The zero-order chi connectivity index (χ0) is 19.3. The van der Waals surface area contributed by atoms with Crippen LogP contribution in [0, 0.1) is 0 Å². The number of aromatic nitrogens is 4. The molecule has 0 radical (unpaired) electrons. The Bertz CT molecular complexity index is 1080. The van der Waals surface area contributed by atoms with Crippen molar-refractivity contribution in [3.63, 3.8) is 0 Å². The van der Waals surface area contributed by atoms with Gasteiger partial charge in [0.15, 0.2) is 5.82 Å². The normalized spacial score (nSPS) is 18.0. The first-order chi connectivity index (χ1) is 12.8. The molecular weight excluding hydrogens is 368 g/mol. The van der Waals surface area contributed by atoms with E-state index in [2.05, 4.69) is 20.0 Å². The van der Waals surface area contributed by atoms with Gasteiger partial charge in [0, 0.05) is 37.8 Å². The second-order valence-corrected chi connectivity index (χ2v) is 9.20. The first kappa shape index (κ1) is 18.2. The third-order valence-electron chi connectivity index (χ3n) is 5.34. The van der Waals surface area contributed by atoms with E-state index >= 15 is 0 Å². The highest BCUT2D eigenvalue weighted by molar-refractivity contribution is 7.88. The fourth-order valence-electron chi connectivity index (χ4n) is 3.82. The summed E-state index contributed by atoms with van der Waals surface area (Å²) in [6.45, 7) is 3.04. The van der Waals surface area contributed by atoms with Crippen LogP contribution in [-0.2, 0) is 10.0 Å². The van der Waals surface area contributed by atoms with Gasteiger partial charge in [0.2, 0.25) is 10.0 Å². The summed E-state index contributed by atoms with van der Waals surface area (Å²) >= 11 is 0. The highest BCUT2D eigenvalue weighted by Crippen LogP contribution is 2.28. The molecule has 1 atom stereocenters. The van der Waals surface area contributed by atoms with Crippen LogP contribution in [-0.4, -0.2) is 69.9 Å². The van der Waals surface area contributed by atoms with Crippen LogP contribution in [0.5, 0.6) is 0 Å². The predicted octanol–water partition coefficient (Wildman–Crippen LogP) is 0.958. The van der Waals surface area contributed by atoms with E-state index in [1.807, 2.05) is 16.9 Å². The van der Waals surface area contributed by atoms with Crippen LogP contribution < -0.4 is 5.01 Å². The molecule has 0 aliphatic carbocycles. The molecule has 9 nitrogen and oxygen atoms in total. The standard InChI is InChI=1S/C17H24N6O3S/c1-11(24)17-20-14-10-19-16-13(4-7-18-16)15(14)23(17)22-8-5-12(6-9-22)21(2)27(3,25)26/h4,7,10-12,24H,5-6,8-9H2,1-3H3,(H,18,19). The van der Waals surface area contributed by atoms with Crippen molar-refractivity contribution in [3.05, 3.63) is 24.3 Å². The number of fused-ring (bicyclic) bond motifs is 3. The molecule has 27 heavy (non-hydrogen) atoms. The number of imidazole rings is 1. The van der Waals surface area contributed by atoms with E-state index in [0.717, 1.165) is 22.1 Å². The maximum Gasteiger partial charge on any atom is 0.211 e. The summed E-state index contributed by atoms with van der Waals surface area (Å²) in [7, 11) is -1.57. The summed E-state index contributed by atoms with van der Waals surface area (Å²) < 4.78 is 27.1. The second kappa shape index (κ2) is 6.47. The fraction of sp³-hybridized carbons (Fsp3) is 0.529. The van der Waals surface area contributed by atoms with Gasteiger partial charge in [0.05, 0.1) is 12.5 Å². The van der Waals surface area contributed by atoms with Gasteiger partial charge in [-0.1, -0.05) is 0 Å². The number of sulfonamides is 1. The molecule has 1 aliphatic heterocycles. The number of nitrogens with one attached hydrogen (secondary N) is 1. The molecule has 0 bridgehead atoms. The summed E-state index contributed by atoms with van der Waals surface area (Å²) in [6, 6.07) is 1.94. The quantitative estimate of drug-likeness (QED) is 0.685. The third-order valence-corrected chi connectivity index (χ3v) is 6.68. The lowest BCUT2D eigenvalue weighted by molar-refractivity contribution is 0.182. The van der Waals surface area contributed by atoms with Crippen molar-refractivity contribution >= 4 is 32.1 Å². The molecule has 3 aromatic heterocycles. The minimum absolute atomic E-state index is 0.0185. The van der Waals surface area contributed by atoms with Crippen LogP contribution in [0.2, 0.25) is 0 Å². The lowest BCUT2D eigenvalue weighted by atomic mass is 10.1. The highest BCUT2D eigenvalue weighted by Gasteiger charge is 2.30. The first-order valence-corrected chi connectivity index (χ1v) is 10.8. The summed E-state index contributed by atoms with van der Waals surface area (Å²) in [4.78, 5) is 12.1. The highest BCUT2D eigenvalue weighted by atomic mass is 32.2. The van der Waals surface area contributed by atoms with Crippen LogP contribution in [0.25, 0.3) is 22.1 Å². The van der Waals surface area contributed by atoms with E-state index in [0.29, 0.717) is 31.8 Å². The molecular formula is C17H24N6O3S. The number of hydrogen-bond acceptors (Lipinski definition) is 6. The largest absolute Gasteiger partial charge is 0.385 e. The monoisotopic (exact) mass is 392 g/mol. The van der Waals surface area contributed by atoms with E-state index in [1.165, 1.54) is 10.6 Å². The van der Waals surface area contributed by atoms with Crippen molar-refractivity contribution < 1.29 is 13.5 Å². The van der Waals surface area contributed by atoms with Crippen LogP contribution in [0.3, 0.4) is 0 Å². The molecule has 4 heterocycles. The van der Waals surface area contributed by atoms with Gasteiger partial charge in [-0.15, -0.1) is 0 Å². The van der Waals surface area contributed by atoms with Crippen molar-refractivity contribution in [3.8, 4) is 0 Å². The van der Waals surface area contributed by atoms with E-state index in [4.69, 9.17) is 0 Å². The van der Waals surface area contributed by atoms with Crippen molar-refractivity contribution in [2.45, 2.75) is 31.9 Å². The Kier molecular flexibility index (Phi) is 4.36. The zero-order valence-electron chi connectivity index (χ0n) is 15.6. The summed E-state index contributed by atoms with van der Waals surface area (Å²) in [5.41, 5.74) is 2.41. The van der Waals surface area contributed by atoms with E-state index in [-0.39, 0.29) is 6.04 Å². The number of rotatable bonds is 4. The molecule has 0 saturated carbocycles. The molecule has 1 saturated heterocycles. The van der Waals surface area contributed by atoms with Gasteiger partial charge in [-0.05, 0) is 25.8 Å². The van der Waals surface area contributed by atoms with Crippen molar-refractivity contribution in [2.24, 2.45) is 0 Å². The van der Waals surface area contributed by atoms with Crippen molar-refractivity contribution in [1.82, 2.24) is 23.9 Å². The summed E-state index contributed by atoms with van der Waals surface area (Å²) in [5.74, 6) is 0.565. The Morgan fingerprint density at radius 2 is 2.07 bits per heavy atom. The SMILES string of the molecule is CC(O)c1nc2cnc3[nH]ccc3c2n1N1CCC(N(C)S(C)(=O)=O)CC1. The molecule has 1 fully saturated rings. The maximum absolute atomic E-state index is 11.8. The Morgan fingerprint density at radius 1 is 1.37 bits per heavy atom. The Labute approximate surface area is 157 Å². The summed E-state index contributed by atoms with van der Waals surface area (Å²) in [5, 5.41) is 13.4.